The highest BCUT2D eigenvalue weighted by Crippen LogP contribution is 2.24. The summed E-state index contributed by atoms with van der Waals surface area (Å²) in [4.78, 5) is 26.4. The van der Waals surface area contributed by atoms with Crippen LogP contribution in [0, 0.1) is 0 Å². The summed E-state index contributed by atoms with van der Waals surface area (Å²) in [5.74, 6) is -0.0601. The lowest BCUT2D eigenvalue weighted by atomic mass is 10.2. The number of carbonyl (C=O) groups excluding carboxylic acids is 2. The van der Waals surface area contributed by atoms with Crippen LogP contribution in [0.5, 0.6) is 5.75 Å². The SMILES string of the molecule is CCN(CC(=O)Nc1ccccc1OC)C(=O)c1cc(Br)ccc1Cl. The van der Waals surface area contributed by atoms with Gasteiger partial charge in [0.2, 0.25) is 5.91 Å². The highest BCUT2D eigenvalue weighted by molar-refractivity contribution is 9.10. The number of amides is 2. The Morgan fingerprint density at radius 1 is 1.24 bits per heavy atom. The highest BCUT2D eigenvalue weighted by Gasteiger charge is 2.20. The summed E-state index contributed by atoms with van der Waals surface area (Å²) >= 11 is 9.44. The van der Waals surface area contributed by atoms with Crippen LogP contribution in [0.4, 0.5) is 5.69 Å². The van der Waals surface area contributed by atoms with Crippen molar-refractivity contribution in [2.24, 2.45) is 0 Å². The van der Waals surface area contributed by atoms with E-state index in [0.29, 0.717) is 28.6 Å². The molecule has 1 N–H and O–H groups in total. The molecule has 2 aromatic carbocycles. The number of anilines is 1. The first-order valence-electron chi connectivity index (χ1n) is 7.63. The maximum Gasteiger partial charge on any atom is 0.255 e. The molecule has 7 heteroatoms. The third kappa shape index (κ3) is 4.96. The smallest absolute Gasteiger partial charge is 0.255 e. The third-order valence-electron chi connectivity index (χ3n) is 3.54. The van der Waals surface area contributed by atoms with Gasteiger partial charge in [0.15, 0.2) is 0 Å². The third-order valence-corrected chi connectivity index (χ3v) is 4.37. The second-order valence-corrected chi connectivity index (χ2v) is 6.51. The maximum atomic E-state index is 12.7. The van der Waals surface area contributed by atoms with E-state index in [9.17, 15) is 9.59 Å². The molecule has 0 aliphatic rings. The van der Waals surface area contributed by atoms with Gasteiger partial charge in [-0.05, 0) is 37.3 Å². The lowest BCUT2D eigenvalue weighted by Crippen LogP contribution is -2.38. The zero-order valence-corrected chi connectivity index (χ0v) is 16.2. The van der Waals surface area contributed by atoms with Gasteiger partial charge in [-0.1, -0.05) is 39.7 Å². The van der Waals surface area contributed by atoms with E-state index in [-0.39, 0.29) is 18.4 Å². The fourth-order valence-corrected chi connectivity index (χ4v) is 2.83. The quantitative estimate of drug-likeness (QED) is 0.754. The maximum absolute atomic E-state index is 12.7. The molecule has 0 radical (unpaired) electrons. The molecule has 0 heterocycles. The average molecular weight is 426 g/mol. The van der Waals surface area contributed by atoms with Gasteiger partial charge in [0, 0.05) is 11.0 Å². The minimum atomic E-state index is -0.314. The molecule has 5 nitrogen and oxygen atoms in total. The number of para-hydroxylation sites is 2. The van der Waals surface area contributed by atoms with Crippen LogP contribution in [0.3, 0.4) is 0 Å². The number of ether oxygens (including phenoxy) is 1. The summed E-state index contributed by atoms with van der Waals surface area (Å²) in [7, 11) is 1.53. The van der Waals surface area contributed by atoms with Crippen molar-refractivity contribution in [1.82, 2.24) is 4.90 Å². The van der Waals surface area contributed by atoms with Crippen LogP contribution < -0.4 is 10.1 Å². The summed E-state index contributed by atoms with van der Waals surface area (Å²) in [5.41, 5.74) is 0.905. The van der Waals surface area contributed by atoms with Gasteiger partial charge in [-0.2, -0.15) is 0 Å². The Balaban J connectivity index is 2.12. The van der Waals surface area contributed by atoms with E-state index in [4.69, 9.17) is 16.3 Å². The van der Waals surface area contributed by atoms with Crippen LogP contribution in [0.1, 0.15) is 17.3 Å². The van der Waals surface area contributed by atoms with Crippen molar-refractivity contribution in [3.63, 3.8) is 0 Å². The summed E-state index contributed by atoms with van der Waals surface area (Å²) < 4.78 is 5.95. The Bertz CT molecular complexity index is 783. The second kappa shape index (κ2) is 8.87. The van der Waals surface area contributed by atoms with E-state index >= 15 is 0 Å². The molecule has 2 aromatic rings. The first kappa shape index (κ1) is 19.3. The number of nitrogens with one attached hydrogen (secondary N) is 1. The molecule has 132 valence electrons. The van der Waals surface area contributed by atoms with Gasteiger partial charge in [-0.25, -0.2) is 0 Å². The van der Waals surface area contributed by atoms with Crippen molar-refractivity contribution in [3.05, 3.63) is 57.5 Å². The summed E-state index contributed by atoms with van der Waals surface area (Å²) in [6.45, 7) is 2.09. The van der Waals surface area contributed by atoms with E-state index in [1.54, 1.807) is 43.3 Å². The monoisotopic (exact) mass is 424 g/mol. The van der Waals surface area contributed by atoms with Gasteiger partial charge < -0.3 is 15.0 Å². The Labute approximate surface area is 160 Å². The van der Waals surface area contributed by atoms with E-state index in [1.807, 2.05) is 6.07 Å². The van der Waals surface area contributed by atoms with Gasteiger partial charge in [0.05, 0.1) is 23.4 Å². The Kier molecular flexibility index (Phi) is 6.84. The molecule has 0 bridgehead atoms. The van der Waals surface area contributed by atoms with E-state index in [1.165, 1.54) is 12.0 Å². The first-order chi connectivity index (χ1) is 12.0. The largest absolute Gasteiger partial charge is 0.495 e. The second-order valence-electron chi connectivity index (χ2n) is 5.19. The van der Waals surface area contributed by atoms with E-state index in [2.05, 4.69) is 21.2 Å². The van der Waals surface area contributed by atoms with Crippen molar-refractivity contribution in [3.8, 4) is 5.75 Å². The molecule has 0 fully saturated rings. The van der Waals surface area contributed by atoms with Gasteiger partial charge in [0.1, 0.15) is 12.3 Å². The molecule has 0 aliphatic carbocycles. The minimum Gasteiger partial charge on any atom is -0.495 e. The normalized spacial score (nSPS) is 10.2. The van der Waals surface area contributed by atoms with Gasteiger partial charge in [-0.15, -0.1) is 0 Å². The van der Waals surface area contributed by atoms with Gasteiger partial charge in [0.25, 0.3) is 5.91 Å². The number of hydrogen-bond acceptors (Lipinski definition) is 3. The highest BCUT2D eigenvalue weighted by atomic mass is 79.9. The topological polar surface area (TPSA) is 58.6 Å². The number of nitrogens with zero attached hydrogens (tertiary/aromatic N) is 1. The number of hydrogen-bond donors (Lipinski definition) is 1. The molecule has 2 rings (SSSR count). The zero-order chi connectivity index (χ0) is 18.4. The summed E-state index contributed by atoms with van der Waals surface area (Å²) in [6.07, 6.45) is 0. The number of rotatable bonds is 6. The minimum absolute atomic E-state index is 0.0871. The molecule has 0 aromatic heterocycles. The van der Waals surface area contributed by atoms with Crippen LogP contribution >= 0.6 is 27.5 Å². The van der Waals surface area contributed by atoms with Gasteiger partial charge >= 0.3 is 0 Å². The lowest BCUT2D eigenvalue weighted by Gasteiger charge is -2.21. The standard InChI is InChI=1S/C18H18BrClN2O3/c1-3-22(18(24)13-10-12(19)8-9-14(13)20)11-17(23)21-15-6-4-5-7-16(15)25-2/h4-10H,3,11H2,1-2H3,(H,21,23). The molecule has 0 atom stereocenters. The molecule has 0 unspecified atom stereocenters. The first-order valence-corrected chi connectivity index (χ1v) is 8.80. The summed E-state index contributed by atoms with van der Waals surface area (Å²) in [5, 5.41) is 3.10. The van der Waals surface area contributed by atoms with Crippen molar-refractivity contribution >= 4 is 45.0 Å². The molecule has 25 heavy (non-hydrogen) atoms. The predicted molar refractivity (Wildman–Crippen MR) is 102 cm³/mol. The fourth-order valence-electron chi connectivity index (χ4n) is 2.27. The van der Waals surface area contributed by atoms with Crippen LogP contribution in [0.15, 0.2) is 46.9 Å². The number of carbonyl (C=O) groups is 2. The predicted octanol–water partition coefficient (Wildman–Crippen LogP) is 4.21. The number of methoxy groups -OCH3 is 1. The van der Waals surface area contributed by atoms with Crippen LogP contribution in [0.2, 0.25) is 5.02 Å². The Morgan fingerprint density at radius 2 is 1.96 bits per heavy atom. The summed E-state index contributed by atoms with van der Waals surface area (Å²) in [6, 6.07) is 12.1. The molecule has 0 saturated carbocycles. The Morgan fingerprint density at radius 3 is 2.64 bits per heavy atom. The molecule has 0 spiro atoms. The van der Waals surface area contributed by atoms with E-state index in [0.717, 1.165) is 4.47 Å². The molecular formula is C18H18BrClN2O3. The van der Waals surface area contributed by atoms with Crippen LogP contribution in [0.25, 0.3) is 0 Å². The van der Waals surface area contributed by atoms with Crippen LogP contribution in [-0.4, -0.2) is 36.9 Å². The average Bonchev–Trinajstić information content (AvgIpc) is 2.61. The van der Waals surface area contributed by atoms with Gasteiger partial charge in [-0.3, -0.25) is 9.59 Å². The molecule has 0 aliphatic heterocycles. The van der Waals surface area contributed by atoms with Crippen molar-refractivity contribution in [2.45, 2.75) is 6.92 Å². The lowest BCUT2D eigenvalue weighted by molar-refractivity contribution is -0.116. The molecule has 2 amide bonds. The van der Waals surface area contributed by atoms with Crippen molar-refractivity contribution in [1.29, 1.82) is 0 Å². The van der Waals surface area contributed by atoms with E-state index < -0.39 is 0 Å². The van der Waals surface area contributed by atoms with Crippen molar-refractivity contribution < 1.29 is 14.3 Å². The molecule has 0 saturated heterocycles. The number of likely N-dealkylation sites (N-methyl/N-ethyl adjacent to an activating group) is 1. The van der Waals surface area contributed by atoms with Crippen molar-refractivity contribution in [2.75, 3.05) is 25.5 Å². The fraction of sp³-hybridized carbons (Fsp3) is 0.222. The van der Waals surface area contributed by atoms with Crippen LogP contribution in [-0.2, 0) is 4.79 Å². The Hall–Kier alpha value is -2.05. The number of halogens is 2. The number of benzene rings is 2. The molecular weight excluding hydrogens is 408 g/mol. The zero-order valence-electron chi connectivity index (χ0n) is 13.9.